The second-order valence-corrected chi connectivity index (χ2v) is 22.3. The summed E-state index contributed by atoms with van der Waals surface area (Å²) in [6.07, 6.45) is 4.10. The molecule has 4 aromatic heterocycles. The van der Waals surface area contributed by atoms with E-state index in [9.17, 15) is 33.9 Å². The molecule has 396 valence electrons. The molecule has 0 bridgehead atoms. The Morgan fingerprint density at radius 3 is 1.53 bits per heavy atom. The Bertz CT molecular complexity index is 3220. The van der Waals surface area contributed by atoms with Gasteiger partial charge >= 0.3 is 0 Å². The topological polar surface area (TPSA) is 224 Å². The Balaban J connectivity index is 0.000000180. The van der Waals surface area contributed by atoms with Crippen LogP contribution in [-0.2, 0) is 35.8 Å². The first kappa shape index (κ1) is 54.8. The smallest absolute Gasteiger partial charge is 0.265 e. The van der Waals surface area contributed by atoms with E-state index in [2.05, 4.69) is 53.6 Å². The lowest BCUT2D eigenvalue weighted by Gasteiger charge is -2.45. The van der Waals surface area contributed by atoms with Gasteiger partial charge in [0.15, 0.2) is 0 Å². The molecule has 4 aliphatic heterocycles. The monoisotopic (exact) mass is 1080 g/mol. The number of aliphatic hydroxyl groups excluding tert-OH is 2. The number of β-amino-alcohol motifs (C(OH)–C–C–N with tert-alkyl or cyclic N) is 2. The quantitative estimate of drug-likeness (QED) is 0.112. The summed E-state index contributed by atoms with van der Waals surface area (Å²) in [5.41, 5.74) is 1.83. The number of pyridine rings is 4. The third-order valence-electron chi connectivity index (χ3n) is 13.4. The van der Waals surface area contributed by atoms with E-state index >= 15 is 0 Å². The van der Waals surface area contributed by atoms with Crippen molar-refractivity contribution < 1.29 is 29.4 Å². The van der Waals surface area contributed by atoms with Gasteiger partial charge in [0.1, 0.15) is 35.5 Å². The van der Waals surface area contributed by atoms with E-state index in [-0.39, 0.29) is 71.7 Å². The molecule has 0 aliphatic carbocycles. The van der Waals surface area contributed by atoms with E-state index in [1.54, 1.807) is 76.7 Å². The average Bonchev–Trinajstić information content (AvgIpc) is 4.04. The van der Waals surface area contributed by atoms with Gasteiger partial charge in [0.2, 0.25) is 11.8 Å². The van der Waals surface area contributed by atoms with Crippen LogP contribution in [0.15, 0.2) is 94.8 Å². The minimum absolute atomic E-state index is 0.0497. The molecule has 5 N–H and O–H groups in total. The number of likely N-dealkylation sites (tertiary alicyclic amines) is 2. The minimum atomic E-state index is -0.589. The van der Waals surface area contributed by atoms with Crippen LogP contribution in [0.3, 0.4) is 0 Å². The number of rotatable bonds is 11. The summed E-state index contributed by atoms with van der Waals surface area (Å²) in [5, 5.41) is 29.9. The SMILES string of the molecule is CC1(C)CN(C(=O)Cn2c(=O)c(C(=O)NCc3ccc(Cl)cc3)cc3c(Cl)ccnc32)C1.CC1(C)CN(C(=O)Cn2c(=O)c(C(=O)NCc3ccc(Cl)cc3)cc3c(N4CCC(O)C4)ccnc32)C1.OC1CCNC1. The molecule has 18 nitrogen and oxygen atoms in total. The number of nitrogens with one attached hydrogen (secondary N) is 3. The van der Waals surface area contributed by atoms with Crippen molar-refractivity contribution in [2.75, 3.05) is 57.3 Å². The van der Waals surface area contributed by atoms with Gasteiger partial charge in [-0.2, -0.15) is 0 Å². The average molecular weight is 1080 g/mol. The number of aliphatic hydroxyl groups is 2. The second-order valence-electron chi connectivity index (χ2n) is 21.0. The van der Waals surface area contributed by atoms with Crippen molar-refractivity contribution >= 4 is 86.2 Å². The summed E-state index contributed by atoms with van der Waals surface area (Å²) in [6, 6.07) is 20.5. The lowest BCUT2D eigenvalue weighted by Crippen LogP contribution is -2.56. The van der Waals surface area contributed by atoms with Crippen LogP contribution in [0.2, 0.25) is 15.1 Å². The van der Waals surface area contributed by atoms with Crippen molar-refractivity contribution in [3.63, 3.8) is 0 Å². The van der Waals surface area contributed by atoms with E-state index in [1.807, 2.05) is 11.0 Å². The zero-order valence-electron chi connectivity index (χ0n) is 42.2. The van der Waals surface area contributed by atoms with Crippen molar-refractivity contribution in [1.29, 1.82) is 0 Å². The molecular formula is C54H61Cl3N10O8. The lowest BCUT2D eigenvalue weighted by atomic mass is 9.84. The van der Waals surface area contributed by atoms with Crippen molar-refractivity contribution in [1.82, 2.24) is 44.9 Å². The molecule has 2 atom stereocenters. The maximum absolute atomic E-state index is 13.6. The number of carbonyl (C=O) groups excluding carboxylic acids is 4. The molecule has 4 saturated heterocycles. The molecule has 0 saturated carbocycles. The number of aromatic nitrogens is 4. The number of amides is 4. The molecule has 0 spiro atoms. The largest absolute Gasteiger partial charge is 0.392 e. The zero-order chi connectivity index (χ0) is 53.8. The van der Waals surface area contributed by atoms with Gasteiger partial charge in [-0.25, -0.2) is 9.97 Å². The predicted molar refractivity (Wildman–Crippen MR) is 289 cm³/mol. The van der Waals surface area contributed by atoms with Gasteiger partial charge in [-0.15, -0.1) is 0 Å². The highest BCUT2D eigenvalue weighted by Crippen LogP contribution is 2.32. The fourth-order valence-corrected chi connectivity index (χ4v) is 9.99. The Morgan fingerprint density at radius 1 is 0.653 bits per heavy atom. The van der Waals surface area contributed by atoms with Crippen LogP contribution < -0.4 is 32.0 Å². The molecule has 10 rings (SSSR count). The molecule has 21 heteroatoms. The van der Waals surface area contributed by atoms with Gasteiger partial charge in [-0.1, -0.05) is 86.8 Å². The standard InChI is InChI=1S/C27H30ClN5O4.C23H22Cl2N4O3.C4H9NO/c1-27(2)15-32(16-27)23(35)14-33-24-20(22(7-9-29-24)31-10-8-19(34)13-31)11-21(26(33)37)25(36)30-12-17-3-5-18(28)6-4-17;1-23(2)12-28(13-23)19(30)11-29-20-16(18(25)7-8-26-20)9-17(22(29)32)21(31)27-10-14-3-5-15(24)6-4-14;6-4-1-2-5-3-4/h3-7,9,11,19,34H,8,10,12-16H2,1-2H3,(H,30,36);3-9H,10-13H2,1-2H3,(H,27,31);4-6H,1-3H2. The molecular weight excluding hydrogens is 1020 g/mol. The number of fused-ring (bicyclic) bond motifs is 2. The van der Waals surface area contributed by atoms with Crippen LogP contribution in [0.1, 0.15) is 72.4 Å². The fourth-order valence-electron chi connectivity index (χ4n) is 9.54. The Labute approximate surface area is 448 Å². The molecule has 4 fully saturated rings. The number of hydrogen-bond donors (Lipinski definition) is 5. The van der Waals surface area contributed by atoms with Gasteiger partial charge < -0.3 is 40.9 Å². The van der Waals surface area contributed by atoms with E-state index < -0.39 is 29.0 Å². The molecule has 4 amide bonds. The van der Waals surface area contributed by atoms with Crippen molar-refractivity contribution in [3.8, 4) is 0 Å². The Morgan fingerprint density at radius 2 is 1.12 bits per heavy atom. The fraction of sp³-hybridized carbons (Fsp3) is 0.407. The molecule has 75 heavy (non-hydrogen) atoms. The van der Waals surface area contributed by atoms with Crippen LogP contribution in [0.5, 0.6) is 0 Å². The van der Waals surface area contributed by atoms with E-state index in [0.717, 1.165) is 36.3 Å². The van der Waals surface area contributed by atoms with Crippen LogP contribution in [0.4, 0.5) is 5.69 Å². The zero-order valence-corrected chi connectivity index (χ0v) is 44.5. The first-order valence-electron chi connectivity index (χ1n) is 24.8. The number of nitrogens with zero attached hydrogens (tertiary/aromatic N) is 7. The highest BCUT2D eigenvalue weighted by atomic mass is 35.5. The van der Waals surface area contributed by atoms with Gasteiger partial charge in [-0.05, 0) is 89.9 Å². The molecule has 0 radical (unpaired) electrons. The summed E-state index contributed by atoms with van der Waals surface area (Å²) in [4.78, 5) is 92.9. The lowest BCUT2D eigenvalue weighted by molar-refractivity contribution is -0.142. The number of carbonyl (C=O) groups is 4. The summed E-state index contributed by atoms with van der Waals surface area (Å²) in [7, 11) is 0. The highest BCUT2D eigenvalue weighted by Gasteiger charge is 2.39. The van der Waals surface area contributed by atoms with Crippen molar-refractivity contribution in [2.45, 2.75) is 78.9 Å². The van der Waals surface area contributed by atoms with Gasteiger partial charge in [-0.3, -0.25) is 37.9 Å². The summed E-state index contributed by atoms with van der Waals surface area (Å²) < 4.78 is 2.53. The van der Waals surface area contributed by atoms with Gasteiger partial charge in [0, 0.05) is 97.8 Å². The van der Waals surface area contributed by atoms with E-state index in [1.165, 1.54) is 21.4 Å². The van der Waals surface area contributed by atoms with Crippen LogP contribution >= 0.6 is 34.8 Å². The van der Waals surface area contributed by atoms with Crippen molar-refractivity contribution in [2.24, 2.45) is 10.8 Å². The third kappa shape index (κ3) is 13.3. The number of anilines is 1. The first-order chi connectivity index (χ1) is 35.6. The van der Waals surface area contributed by atoms with Crippen LogP contribution in [0.25, 0.3) is 22.1 Å². The minimum Gasteiger partial charge on any atom is -0.392 e. The Kier molecular flexibility index (Phi) is 17.0. The predicted octanol–water partition coefficient (Wildman–Crippen LogP) is 5.26. The number of hydrogen-bond acceptors (Lipinski definition) is 12. The summed E-state index contributed by atoms with van der Waals surface area (Å²) >= 11 is 18.2. The molecule has 2 unspecified atom stereocenters. The summed E-state index contributed by atoms with van der Waals surface area (Å²) in [6.45, 7) is 13.7. The second kappa shape index (κ2) is 23.2. The Hall–Kier alpha value is -6.41. The number of halogens is 3. The maximum Gasteiger partial charge on any atom is 0.265 e. The summed E-state index contributed by atoms with van der Waals surface area (Å²) in [5.74, 6) is -1.49. The molecule has 6 aromatic rings. The van der Waals surface area contributed by atoms with Crippen LogP contribution in [0, 0.1) is 10.8 Å². The maximum atomic E-state index is 13.6. The van der Waals surface area contributed by atoms with E-state index in [4.69, 9.17) is 39.9 Å². The first-order valence-corrected chi connectivity index (χ1v) is 25.9. The third-order valence-corrected chi connectivity index (χ3v) is 14.3. The molecule has 8 heterocycles. The van der Waals surface area contributed by atoms with Crippen molar-refractivity contribution in [3.05, 3.63) is 143 Å². The van der Waals surface area contributed by atoms with E-state index in [0.29, 0.717) is 77.2 Å². The van der Waals surface area contributed by atoms with Crippen LogP contribution in [-0.4, -0.2) is 127 Å². The van der Waals surface area contributed by atoms with Gasteiger partial charge in [0.05, 0.1) is 17.2 Å². The highest BCUT2D eigenvalue weighted by molar-refractivity contribution is 6.35. The van der Waals surface area contributed by atoms with Gasteiger partial charge in [0.25, 0.3) is 22.9 Å². The molecule has 2 aromatic carbocycles. The number of benzene rings is 2. The normalized spacial score (nSPS) is 18.3. The molecule has 4 aliphatic rings.